The van der Waals surface area contributed by atoms with E-state index in [0.29, 0.717) is 6.10 Å². The van der Waals surface area contributed by atoms with Gasteiger partial charge in [-0.3, -0.25) is 4.90 Å². The molecule has 3 rings (SSSR count). The topological polar surface area (TPSA) is 24.5 Å². The first-order valence-electron chi connectivity index (χ1n) is 8.02. The monoisotopic (exact) mass is 274 g/mol. The maximum atomic E-state index is 6.07. The predicted octanol–water partition coefficient (Wildman–Crippen LogP) is 2.31. The molecule has 0 spiro atoms. The zero-order chi connectivity index (χ0) is 13.8. The van der Waals surface area contributed by atoms with Crippen molar-refractivity contribution in [3.63, 3.8) is 0 Å². The van der Waals surface area contributed by atoms with Crippen LogP contribution in [0, 0.1) is 5.92 Å². The third-order valence-electron chi connectivity index (χ3n) is 4.54. The Morgan fingerprint density at radius 2 is 2.20 bits per heavy atom. The Bertz CT molecular complexity index is 404. The Kier molecular flexibility index (Phi) is 4.58. The molecule has 2 aliphatic rings. The Morgan fingerprint density at radius 1 is 1.30 bits per heavy atom. The minimum absolute atomic E-state index is 0.337. The number of likely N-dealkylation sites (N-methyl/N-ethyl adjacent to an activating group) is 1. The van der Waals surface area contributed by atoms with Gasteiger partial charge in [-0.25, -0.2) is 0 Å². The van der Waals surface area contributed by atoms with E-state index in [1.54, 1.807) is 0 Å². The van der Waals surface area contributed by atoms with Crippen molar-refractivity contribution in [2.45, 2.75) is 32.3 Å². The number of nitrogens with zero attached hydrogens (tertiary/aromatic N) is 1. The normalized spacial score (nSPS) is 25.5. The van der Waals surface area contributed by atoms with E-state index in [2.05, 4.69) is 41.4 Å². The quantitative estimate of drug-likeness (QED) is 0.892. The summed E-state index contributed by atoms with van der Waals surface area (Å²) in [7, 11) is 0. The first-order chi connectivity index (χ1) is 9.85. The fraction of sp³-hybridized carbons (Fsp3) is 0.647. The number of ether oxygens (including phenoxy) is 1. The maximum absolute atomic E-state index is 6.07. The van der Waals surface area contributed by atoms with Crippen LogP contribution in [0.5, 0.6) is 5.75 Å². The van der Waals surface area contributed by atoms with E-state index in [9.17, 15) is 0 Å². The molecule has 3 nitrogen and oxygen atoms in total. The van der Waals surface area contributed by atoms with Gasteiger partial charge in [0.25, 0.3) is 0 Å². The molecule has 1 aromatic carbocycles. The highest BCUT2D eigenvalue weighted by molar-refractivity contribution is 5.37. The molecule has 0 amide bonds. The largest absolute Gasteiger partial charge is 0.488 e. The van der Waals surface area contributed by atoms with Crippen LogP contribution in [0.25, 0.3) is 0 Å². The van der Waals surface area contributed by atoms with E-state index in [-0.39, 0.29) is 0 Å². The van der Waals surface area contributed by atoms with Crippen LogP contribution in [0.15, 0.2) is 24.3 Å². The average Bonchev–Trinajstić information content (AvgIpc) is 2.90. The Hall–Kier alpha value is -1.06. The lowest BCUT2D eigenvalue weighted by Crippen LogP contribution is -2.42. The summed E-state index contributed by atoms with van der Waals surface area (Å²) in [6.45, 7) is 8.03. The number of nitrogens with one attached hydrogen (secondary N) is 1. The van der Waals surface area contributed by atoms with E-state index in [4.69, 9.17) is 4.74 Å². The summed E-state index contributed by atoms with van der Waals surface area (Å²) in [5.74, 6) is 1.90. The van der Waals surface area contributed by atoms with Crippen LogP contribution >= 0.6 is 0 Å². The molecule has 1 saturated heterocycles. The van der Waals surface area contributed by atoms with E-state index in [0.717, 1.165) is 31.2 Å². The molecule has 2 atom stereocenters. The molecule has 0 aliphatic carbocycles. The van der Waals surface area contributed by atoms with Gasteiger partial charge < -0.3 is 10.1 Å². The molecular formula is C17H26N2O. The SMILES string of the molecule is CCN(CC1CCCNC1)CC1Cc2ccccc2O1. The van der Waals surface area contributed by atoms with Gasteiger partial charge in [0.15, 0.2) is 0 Å². The van der Waals surface area contributed by atoms with Crippen molar-refractivity contribution in [2.24, 2.45) is 5.92 Å². The maximum Gasteiger partial charge on any atom is 0.123 e. The second kappa shape index (κ2) is 6.59. The van der Waals surface area contributed by atoms with Crippen molar-refractivity contribution in [2.75, 3.05) is 32.7 Å². The number of para-hydroxylation sites is 1. The molecule has 1 N–H and O–H groups in total. The molecule has 110 valence electrons. The van der Waals surface area contributed by atoms with Gasteiger partial charge in [0.1, 0.15) is 11.9 Å². The molecule has 0 radical (unpaired) electrons. The van der Waals surface area contributed by atoms with Gasteiger partial charge in [0, 0.05) is 19.5 Å². The van der Waals surface area contributed by atoms with E-state index in [1.165, 1.54) is 38.0 Å². The van der Waals surface area contributed by atoms with Crippen molar-refractivity contribution < 1.29 is 4.74 Å². The van der Waals surface area contributed by atoms with Gasteiger partial charge in [0.2, 0.25) is 0 Å². The number of hydrogen-bond acceptors (Lipinski definition) is 3. The minimum Gasteiger partial charge on any atom is -0.488 e. The molecule has 2 aliphatic heterocycles. The van der Waals surface area contributed by atoms with Gasteiger partial charge in [-0.05, 0) is 50.0 Å². The third kappa shape index (κ3) is 3.33. The van der Waals surface area contributed by atoms with E-state index in [1.807, 2.05) is 0 Å². The van der Waals surface area contributed by atoms with Crippen molar-refractivity contribution in [3.8, 4) is 5.75 Å². The van der Waals surface area contributed by atoms with Crippen molar-refractivity contribution in [3.05, 3.63) is 29.8 Å². The number of fused-ring (bicyclic) bond motifs is 1. The Balaban J connectivity index is 1.51. The van der Waals surface area contributed by atoms with Gasteiger partial charge in [-0.15, -0.1) is 0 Å². The van der Waals surface area contributed by atoms with Crippen LogP contribution in [-0.2, 0) is 6.42 Å². The molecule has 2 heterocycles. The zero-order valence-corrected chi connectivity index (χ0v) is 12.5. The van der Waals surface area contributed by atoms with Crippen LogP contribution in [0.4, 0.5) is 0 Å². The number of rotatable bonds is 5. The zero-order valence-electron chi connectivity index (χ0n) is 12.5. The lowest BCUT2D eigenvalue weighted by molar-refractivity contribution is 0.134. The summed E-state index contributed by atoms with van der Waals surface area (Å²) in [5.41, 5.74) is 1.37. The van der Waals surface area contributed by atoms with Crippen molar-refractivity contribution >= 4 is 0 Å². The first-order valence-corrected chi connectivity index (χ1v) is 8.02. The standard InChI is InChI=1S/C17H26N2O/c1-2-19(12-14-6-5-9-18-11-14)13-16-10-15-7-3-4-8-17(15)20-16/h3-4,7-8,14,16,18H,2,5-6,9-13H2,1H3. The molecule has 2 unspecified atom stereocenters. The lowest BCUT2D eigenvalue weighted by Gasteiger charge is -2.30. The van der Waals surface area contributed by atoms with Crippen molar-refractivity contribution in [1.82, 2.24) is 10.2 Å². The Morgan fingerprint density at radius 3 is 2.95 bits per heavy atom. The molecular weight excluding hydrogens is 248 g/mol. The van der Waals surface area contributed by atoms with E-state index < -0.39 is 0 Å². The molecule has 0 aromatic heterocycles. The molecule has 1 aromatic rings. The summed E-state index contributed by atoms with van der Waals surface area (Å²) in [4.78, 5) is 2.56. The predicted molar refractivity (Wildman–Crippen MR) is 82.3 cm³/mol. The molecule has 3 heteroatoms. The highest BCUT2D eigenvalue weighted by Gasteiger charge is 2.25. The van der Waals surface area contributed by atoms with Crippen LogP contribution in [0.3, 0.4) is 0 Å². The highest BCUT2D eigenvalue weighted by atomic mass is 16.5. The molecule has 1 fully saturated rings. The van der Waals surface area contributed by atoms with Gasteiger partial charge in [0.05, 0.1) is 0 Å². The van der Waals surface area contributed by atoms with Crippen LogP contribution in [0.2, 0.25) is 0 Å². The molecule has 20 heavy (non-hydrogen) atoms. The number of hydrogen-bond donors (Lipinski definition) is 1. The first kappa shape index (κ1) is 13.9. The lowest BCUT2D eigenvalue weighted by atomic mass is 9.99. The Labute approximate surface area is 122 Å². The van der Waals surface area contributed by atoms with Crippen LogP contribution < -0.4 is 10.1 Å². The number of benzene rings is 1. The van der Waals surface area contributed by atoms with Crippen LogP contribution in [0.1, 0.15) is 25.3 Å². The fourth-order valence-electron chi connectivity index (χ4n) is 3.42. The number of piperidine rings is 1. The summed E-state index contributed by atoms with van der Waals surface area (Å²) >= 11 is 0. The third-order valence-corrected chi connectivity index (χ3v) is 4.54. The van der Waals surface area contributed by atoms with E-state index >= 15 is 0 Å². The smallest absolute Gasteiger partial charge is 0.123 e. The summed E-state index contributed by atoms with van der Waals surface area (Å²) in [6, 6.07) is 8.45. The summed E-state index contributed by atoms with van der Waals surface area (Å²) < 4.78 is 6.07. The second-order valence-corrected chi connectivity index (χ2v) is 6.12. The second-order valence-electron chi connectivity index (χ2n) is 6.12. The van der Waals surface area contributed by atoms with Gasteiger partial charge in [-0.1, -0.05) is 25.1 Å². The summed E-state index contributed by atoms with van der Waals surface area (Å²) in [6.07, 6.45) is 4.10. The highest BCUT2D eigenvalue weighted by Crippen LogP contribution is 2.28. The average molecular weight is 274 g/mol. The molecule has 0 bridgehead atoms. The van der Waals surface area contributed by atoms with Crippen molar-refractivity contribution in [1.29, 1.82) is 0 Å². The molecule has 0 saturated carbocycles. The van der Waals surface area contributed by atoms with Gasteiger partial charge in [-0.2, -0.15) is 0 Å². The fourth-order valence-corrected chi connectivity index (χ4v) is 3.42. The summed E-state index contributed by atoms with van der Waals surface area (Å²) in [5, 5.41) is 3.51. The van der Waals surface area contributed by atoms with Crippen LogP contribution in [-0.4, -0.2) is 43.7 Å². The minimum atomic E-state index is 0.337. The van der Waals surface area contributed by atoms with Gasteiger partial charge >= 0.3 is 0 Å².